The van der Waals surface area contributed by atoms with Crippen molar-refractivity contribution in [2.24, 2.45) is 11.8 Å². The molecular formula is C17H19FN4O3. The van der Waals surface area contributed by atoms with E-state index >= 15 is 0 Å². The van der Waals surface area contributed by atoms with Gasteiger partial charge in [-0.15, -0.1) is 0 Å². The van der Waals surface area contributed by atoms with Crippen LogP contribution in [0, 0.1) is 17.7 Å². The number of hydrogen-bond acceptors (Lipinski definition) is 6. The van der Waals surface area contributed by atoms with Crippen molar-refractivity contribution in [1.29, 1.82) is 0 Å². The molecule has 1 aliphatic heterocycles. The minimum absolute atomic E-state index is 0.0136. The van der Waals surface area contributed by atoms with E-state index in [0.717, 1.165) is 6.42 Å². The molecule has 1 aliphatic carbocycles. The Hall–Kier alpha value is -2.32. The Balaban J connectivity index is 1.59. The fourth-order valence-corrected chi connectivity index (χ4v) is 2.93. The predicted octanol–water partition coefficient (Wildman–Crippen LogP) is 2.13. The average molecular weight is 346 g/mol. The number of amides is 1. The van der Waals surface area contributed by atoms with Crippen LogP contribution in [0.25, 0.3) is 11.5 Å². The molecule has 8 heteroatoms. The van der Waals surface area contributed by atoms with Crippen LogP contribution < -0.4 is 10.6 Å². The summed E-state index contributed by atoms with van der Waals surface area (Å²) in [7, 11) is 0. The number of benzene rings is 1. The van der Waals surface area contributed by atoms with Crippen molar-refractivity contribution in [3.05, 3.63) is 29.8 Å². The highest BCUT2D eigenvalue weighted by Gasteiger charge is 2.39. The number of hydrogen-bond donors (Lipinski definition) is 2. The number of carbonyl (C=O) groups excluding carboxylic acids is 1. The Bertz CT molecular complexity index is 788. The number of rotatable bonds is 4. The second kappa shape index (κ2) is 6.53. The zero-order valence-corrected chi connectivity index (χ0v) is 13.8. The van der Waals surface area contributed by atoms with Crippen LogP contribution in [0.5, 0.6) is 0 Å². The predicted molar refractivity (Wildman–Crippen MR) is 87.2 cm³/mol. The maximum absolute atomic E-state index is 13.7. The van der Waals surface area contributed by atoms with E-state index in [1.54, 1.807) is 0 Å². The molecule has 2 aromatic rings. The molecule has 1 aromatic carbocycles. The molecule has 0 spiro atoms. The first-order valence-corrected chi connectivity index (χ1v) is 8.37. The van der Waals surface area contributed by atoms with Crippen LogP contribution >= 0.6 is 0 Å². The van der Waals surface area contributed by atoms with E-state index < -0.39 is 5.82 Å². The van der Waals surface area contributed by atoms with Crippen molar-refractivity contribution in [3.63, 3.8) is 0 Å². The van der Waals surface area contributed by atoms with E-state index in [1.807, 2.05) is 6.92 Å². The molecule has 0 bridgehead atoms. The van der Waals surface area contributed by atoms with Gasteiger partial charge in [-0.2, -0.15) is 4.98 Å². The van der Waals surface area contributed by atoms with Gasteiger partial charge in [-0.3, -0.25) is 4.79 Å². The molecule has 4 rings (SSSR count). The third-order valence-electron chi connectivity index (χ3n) is 4.59. The van der Waals surface area contributed by atoms with E-state index in [9.17, 15) is 9.18 Å². The van der Waals surface area contributed by atoms with E-state index in [1.165, 1.54) is 18.2 Å². The first-order chi connectivity index (χ1) is 12.1. The Kier molecular flexibility index (Phi) is 4.22. The van der Waals surface area contributed by atoms with E-state index in [2.05, 4.69) is 20.8 Å². The van der Waals surface area contributed by atoms with Gasteiger partial charge < -0.3 is 19.9 Å². The molecule has 2 N–H and O–H groups in total. The minimum Gasteiger partial charge on any atom is -0.378 e. The fourth-order valence-electron chi connectivity index (χ4n) is 2.93. The van der Waals surface area contributed by atoms with E-state index in [4.69, 9.17) is 9.26 Å². The van der Waals surface area contributed by atoms with Crippen molar-refractivity contribution >= 4 is 11.6 Å². The number of aromatic nitrogens is 2. The summed E-state index contributed by atoms with van der Waals surface area (Å²) in [5, 5.41) is 10.0. The molecule has 7 nitrogen and oxygen atoms in total. The fraction of sp³-hybridized carbons (Fsp3) is 0.471. The van der Waals surface area contributed by atoms with Gasteiger partial charge in [0.1, 0.15) is 5.82 Å². The molecule has 2 heterocycles. The van der Waals surface area contributed by atoms with Crippen molar-refractivity contribution < 1.29 is 18.4 Å². The summed E-state index contributed by atoms with van der Waals surface area (Å²) in [6.45, 7) is 3.82. The first-order valence-electron chi connectivity index (χ1n) is 8.37. The number of anilines is 1. The normalized spacial score (nSPS) is 25.6. The highest BCUT2D eigenvalue weighted by Crippen LogP contribution is 2.39. The van der Waals surface area contributed by atoms with Crippen molar-refractivity contribution in [2.75, 3.05) is 25.1 Å². The van der Waals surface area contributed by atoms with Gasteiger partial charge in [0, 0.05) is 12.5 Å². The van der Waals surface area contributed by atoms with Gasteiger partial charge in [-0.05, 0) is 30.5 Å². The topological polar surface area (TPSA) is 89.3 Å². The van der Waals surface area contributed by atoms with Crippen LogP contribution in [0.3, 0.4) is 0 Å². The van der Waals surface area contributed by atoms with Crippen LogP contribution in [0.15, 0.2) is 22.7 Å². The average Bonchev–Trinajstić information content (AvgIpc) is 3.17. The van der Waals surface area contributed by atoms with E-state index in [-0.39, 0.29) is 23.8 Å². The largest absolute Gasteiger partial charge is 0.378 e. The molecule has 1 amide bonds. The van der Waals surface area contributed by atoms with Gasteiger partial charge >= 0.3 is 0 Å². The molecule has 2 fully saturated rings. The lowest BCUT2D eigenvalue weighted by atomic mass is 10.1. The SMILES string of the molecule is C[C@@H]1C[C@H]1C(=O)Nc1ccc(F)cc1-c1nc(C2COCCN2)no1. The van der Waals surface area contributed by atoms with Crippen molar-refractivity contribution in [2.45, 2.75) is 19.4 Å². The summed E-state index contributed by atoms with van der Waals surface area (Å²) < 4.78 is 24.4. The Morgan fingerprint density at radius 1 is 1.44 bits per heavy atom. The Labute approximate surface area is 143 Å². The molecule has 0 radical (unpaired) electrons. The zero-order chi connectivity index (χ0) is 17.4. The third kappa shape index (κ3) is 3.40. The van der Waals surface area contributed by atoms with E-state index in [0.29, 0.717) is 42.8 Å². The van der Waals surface area contributed by atoms with Gasteiger partial charge in [0.2, 0.25) is 5.91 Å². The molecule has 1 saturated carbocycles. The molecule has 132 valence electrons. The van der Waals surface area contributed by atoms with Crippen LogP contribution in [-0.4, -0.2) is 35.8 Å². The second-order valence-electron chi connectivity index (χ2n) is 6.54. The maximum atomic E-state index is 13.7. The Morgan fingerprint density at radius 3 is 3.00 bits per heavy atom. The number of morpholine rings is 1. The van der Waals surface area contributed by atoms with Crippen molar-refractivity contribution in [1.82, 2.24) is 15.5 Å². The zero-order valence-electron chi connectivity index (χ0n) is 13.8. The van der Waals surface area contributed by atoms with Crippen LogP contribution in [-0.2, 0) is 9.53 Å². The summed E-state index contributed by atoms with van der Waals surface area (Å²) in [4.78, 5) is 16.6. The third-order valence-corrected chi connectivity index (χ3v) is 4.59. The lowest BCUT2D eigenvalue weighted by Crippen LogP contribution is -2.35. The maximum Gasteiger partial charge on any atom is 0.260 e. The summed E-state index contributed by atoms with van der Waals surface area (Å²) in [5.74, 6) is 0.512. The van der Waals surface area contributed by atoms with Crippen LogP contribution in [0.1, 0.15) is 25.2 Å². The molecule has 25 heavy (non-hydrogen) atoms. The summed E-state index contributed by atoms with van der Waals surface area (Å²) in [6, 6.07) is 3.93. The van der Waals surface area contributed by atoms with Gasteiger partial charge in [0.25, 0.3) is 5.89 Å². The van der Waals surface area contributed by atoms with Gasteiger partial charge in [-0.25, -0.2) is 4.39 Å². The number of ether oxygens (including phenoxy) is 1. The lowest BCUT2D eigenvalue weighted by Gasteiger charge is -2.20. The standard InChI is InChI=1S/C17H19FN4O3/c1-9-6-11(9)16(23)20-13-3-2-10(18)7-12(13)17-21-15(22-25-17)14-8-24-5-4-19-14/h2-3,7,9,11,14,19H,4-6,8H2,1H3,(H,20,23)/t9-,11-,14?/m1/s1. The molecule has 1 aromatic heterocycles. The molecule has 1 saturated heterocycles. The number of halogens is 1. The lowest BCUT2D eigenvalue weighted by molar-refractivity contribution is -0.117. The quantitative estimate of drug-likeness (QED) is 0.882. The molecule has 3 atom stereocenters. The number of carbonyl (C=O) groups is 1. The summed E-state index contributed by atoms with van der Waals surface area (Å²) in [5.41, 5.74) is 0.839. The Morgan fingerprint density at radius 2 is 2.28 bits per heavy atom. The van der Waals surface area contributed by atoms with Crippen LogP contribution in [0.4, 0.5) is 10.1 Å². The summed E-state index contributed by atoms with van der Waals surface area (Å²) in [6.07, 6.45) is 0.875. The highest BCUT2D eigenvalue weighted by molar-refractivity contribution is 5.97. The summed E-state index contributed by atoms with van der Waals surface area (Å²) >= 11 is 0. The van der Waals surface area contributed by atoms with Gasteiger partial charge in [-0.1, -0.05) is 12.1 Å². The molecule has 1 unspecified atom stereocenters. The minimum atomic E-state index is -0.438. The number of nitrogens with one attached hydrogen (secondary N) is 2. The monoisotopic (exact) mass is 346 g/mol. The molecular weight excluding hydrogens is 327 g/mol. The smallest absolute Gasteiger partial charge is 0.260 e. The van der Waals surface area contributed by atoms with Crippen LogP contribution in [0.2, 0.25) is 0 Å². The first kappa shape index (κ1) is 16.2. The van der Waals surface area contributed by atoms with Gasteiger partial charge in [0.15, 0.2) is 5.82 Å². The molecule has 2 aliphatic rings. The number of nitrogens with zero attached hydrogens (tertiary/aromatic N) is 2. The highest BCUT2D eigenvalue weighted by atomic mass is 19.1. The van der Waals surface area contributed by atoms with Crippen molar-refractivity contribution in [3.8, 4) is 11.5 Å². The van der Waals surface area contributed by atoms with Gasteiger partial charge in [0.05, 0.1) is 30.5 Å². The second-order valence-corrected chi connectivity index (χ2v) is 6.54.